The average Bonchev–Trinajstić information content (AvgIpc) is 2.79. The van der Waals surface area contributed by atoms with Gasteiger partial charge in [-0.3, -0.25) is 9.59 Å². The largest absolute Gasteiger partial charge is 0.464 e. The number of thiazole rings is 1. The van der Waals surface area contributed by atoms with Crippen molar-refractivity contribution >= 4 is 34.1 Å². The summed E-state index contributed by atoms with van der Waals surface area (Å²) in [6, 6.07) is 0. The highest BCUT2D eigenvalue weighted by Crippen LogP contribution is 2.24. The van der Waals surface area contributed by atoms with Crippen molar-refractivity contribution in [2.45, 2.75) is 6.92 Å². The summed E-state index contributed by atoms with van der Waals surface area (Å²) >= 11 is 1.01. The number of anilines is 1. The van der Waals surface area contributed by atoms with Crippen molar-refractivity contribution in [3.63, 3.8) is 0 Å². The van der Waals surface area contributed by atoms with Crippen LogP contribution in [0.2, 0.25) is 0 Å². The zero-order valence-electron chi connectivity index (χ0n) is 10.2. The molecule has 0 aliphatic carbocycles. The van der Waals surface area contributed by atoms with Crippen molar-refractivity contribution < 1.29 is 19.1 Å². The van der Waals surface area contributed by atoms with Gasteiger partial charge >= 0.3 is 5.97 Å². The fraction of sp³-hybridized carbons (Fsp3) is 0.400. The van der Waals surface area contributed by atoms with Gasteiger partial charge in [0.05, 0.1) is 13.7 Å². The number of aromatic nitrogens is 1. The molecule has 98 valence electrons. The Bertz CT molecular complexity index is 483. The standard InChI is InChI=1S/C10H13N3O4S/c1-5(14)8-7(9(16)17-3)13-10(18-8)12-4-6(15)11-2/h4H2,1-3H3,(H,11,15)(H,12,13). The maximum Gasteiger partial charge on any atom is 0.358 e. The number of ether oxygens (including phenoxy) is 1. The molecule has 0 saturated carbocycles. The normalized spacial score (nSPS) is 9.72. The van der Waals surface area contributed by atoms with E-state index in [1.54, 1.807) is 0 Å². The summed E-state index contributed by atoms with van der Waals surface area (Å²) in [4.78, 5) is 38.0. The minimum absolute atomic E-state index is 0.0158. The lowest BCUT2D eigenvalue weighted by Crippen LogP contribution is -2.26. The van der Waals surface area contributed by atoms with Gasteiger partial charge in [-0.1, -0.05) is 11.3 Å². The van der Waals surface area contributed by atoms with Gasteiger partial charge in [-0.2, -0.15) is 0 Å². The van der Waals surface area contributed by atoms with Crippen LogP contribution < -0.4 is 10.6 Å². The summed E-state index contributed by atoms with van der Waals surface area (Å²) in [6.07, 6.45) is 0. The summed E-state index contributed by atoms with van der Waals surface area (Å²) < 4.78 is 4.53. The zero-order valence-corrected chi connectivity index (χ0v) is 11.0. The number of carbonyl (C=O) groups is 3. The van der Waals surface area contributed by atoms with E-state index in [1.807, 2.05) is 0 Å². The number of hydrogen-bond acceptors (Lipinski definition) is 7. The van der Waals surface area contributed by atoms with E-state index in [0.717, 1.165) is 11.3 Å². The van der Waals surface area contributed by atoms with Crippen molar-refractivity contribution in [3.05, 3.63) is 10.6 Å². The summed E-state index contributed by atoms with van der Waals surface area (Å²) in [5, 5.41) is 5.48. The third-order valence-electron chi connectivity index (χ3n) is 2.00. The zero-order chi connectivity index (χ0) is 13.7. The second-order valence-electron chi connectivity index (χ2n) is 3.27. The first-order chi connectivity index (χ1) is 8.49. The molecule has 1 rings (SSSR count). The Balaban J connectivity index is 2.92. The molecule has 1 aromatic rings. The van der Waals surface area contributed by atoms with Crippen molar-refractivity contribution in [1.29, 1.82) is 0 Å². The lowest BCUT2D eigenvalue weighted by atomic mass is 10.3. The van der Waals surface area contributed by atoms with E-state index in [0.29, 0.717) is 5.13 Å². The Hall–Kier alpha value is -1.96. The number of methoxy groups -OCH3 is 1. The van der Waals surface area contributed by atoms with Crippen LogP contribution in [0.15, 0.2) is 0 Å². The van der Waals surface area contributed by atoms with Gasteiger partial charge in [0.15, 0.2) is 16.6 Å². The molecule has 0 radical (unpaired) electrons. The third kappa shape index (κ3) is 3.27. The van der Waals surface area contributed by atoms with Crippen molar-refractivity contribution in [2.75, 3.05) is 26.0 Å². The highest BCUT2D eigenvalue weighted by Gasteiger charge is 2.21. The molecule has 1 amide bonds. The van der Waals surface area contributed by atoms with Crippen LogP contribution >= 0.6 is 11.3 Å². The predicted molar refractivity (Wildman–Crippen MR) is 66.0 cm³/mol. The molecule has 0 aliphatic rings. The Morgan fingerprint density at radius 1 is 1.39 bits per heavy atom. The van der Waals surface area contributed by atoms with Crippen LogP contribution in [0.3, 0.4) is 0 Å². The van der Waals surface area contributed by atoms with E-state index in [2.05, 4.69) is 20.4 Å². The Morgan fingerprint density at radius 2 is 2.06 bits per heavy atom. The van der Waals surface area contributed by atoms with Gasteiger partial charge in [-0.15, -0.1) is 0 Å². The summed E-state index contributed by atoms with van der Waals surface area (Å²) in [5.74, 6) is -1.18. The molecule has 0 unspecified atom stereocenters. The van der Waals surface area contributed by atoms with Gasteiger partial charge in [0, 0.05) is 14.0 Å². The van der Waals surface area contributed by atoms with Crippen molar-refractivity contribution in [3.8, 4) is 0 Å². The SMILES string of the molecule is CNC(=O)CNc1nc(C(=O)OC)c(C(C)=O)s1. The van der Waals surface area contributed by atoms with E-state index < -0.39 is 5.97 Å². The van der Waals surface area contributed by atoms with Crippen LogP contribution in [0.5, 0.6) is 0 Å². The predicted octanol–water partition coefficient (Wildman–Crippen LogP) is 0.290. The maximum atomic E-state index is 11.4. The lowest BCUT2D eigenvalue weighted by molar-refractivity contribution is -0.118. The second kappa shape index (κ2) is 6.10. The van der Waals surface area contributed by atoms with Crippen LogP contribution in [0, 0.1) is 0 Å². The highest BCUT2D eigenvalue weighted by molar-refractivity contribution is 7.17. The number of likely N-dealkylation sites (N-methyl/N-ethyl adjacent to an activating group) is 1. The number of carbonyl (C=O) groups excluding carboxylic acids is 3. The molecule has 2 N–H and O–H groups in total. The molecule has 1 heterocycles. The number of nitrogens with one attached hydrogen (secondary N) is 2. The molecule has 18 heavy (non-hydrogen) atoms. The van der Waals surface area contributed by atoms with E-state index in [1.165, 1.54) is 21.1 Å². The first-order valence-corrected chi connectivity index (χ1v) is 5.85. The summed E-state index contributed by atoms with van der Waals surface area (Å²) in [7, 11) is 2.72. The third-order valence-corrected chi connectivity index (χ3v) is 3.12. The van der Waals surface area contributed by atoms with Gasteiger partial charge in [-0.05, 0) is 0 Å². The van der Waals surface area contributed by atoms with E-state index >= 15 is 0 Å². The molecule has 0 aliphatic heterocycles. The monoisotopic (exact) mass is 271 g/mol. The number of hydrogen-bond donors (Lipinski definition) is 2. The van der Waals surface area contributed by atoms with Gasteiger partial charge < -0.3 is 15.4 Å². The smallest absolute Gasteiger partial charge is 0.358 e. The molecular weight excluding hydrogens is 258 g/mol. The lowest BCUT2D eigenvalue weighted by Gasteiger charge is -1.99. The molecular formula is C10H13N3O4S. The Morgan fingerprint density at radius 3 is 2.56 bits per heavy atom. The van der Waals surface area contributed by atoms with Crippen LogP contribution in [0.1, 0.15) is 27.1 Å². The molecule has 0 spiro atoms. The minimum atomic E-state index is -0.676. The Labute approximate surface area is 108 Å². The Kier molecular flexibility index (Phi) is 4.78. The summed E-state index contributed by atoms with van der Waals surface area (Å²) in [6.45, 7) is 1.35. The first-order valence-electron chi connectivity index (χ1n) is 5.04. The fourth-order valence-corrected chi connectivity index (χ4v) is 1.96. The summed E-state index contributed by atoms with van der Waals surface area (Å²) in [5.41, 5.74) is -0.0330. The number of Topliss-reactive ketones (excluding diaryl/α,β-unsaturated/α-hetero) is 1. The number of esters is 1. The molecule has 0 bridgehead atoms. The van der Waals surface area contributed by atoms with E-state index in [9.17, 15) is 14.4 Å². The van der Waals surface area contributed by atoms with Gasteiger partial charge in [0.2, 0.25) is 5.91 Å². The van der Waals surface area contributed by atoms with Crippen LogP contribution in [-0.2, 0) is 9.53 Å². The number of amides is 1. The number of ketones is 1. The second-order valence-corrected chi connectivity index (χ2v) is 4.27. The van der Waals surface area contributed by atoms with Crippen molar-refractivity contribution in [2.24, 2.45) is 0 Å². The van der Waals surface area contributed by atoms with Crippen LogP contribution in [0.25, 0.3) is 0 Å². The number of rotatable bonds is 5. The maximum absolute atomic E-state index is 11.4. The molecule has 0 aromatic carbocycles. The van der Waals surface area contributed by atoms with Crippen LogP contribution in [-0.4, -0.2) is 43.3 Å². The number of nitrogens with zero attached hydrogens (tertiary/aromatic N) is 1. The molecule has 0 fully saturated rings. The first kappa shape index (κ1) is 14.1. The van der Waals surface area contributed by atoms with E-state index in [4.69, 9.17) is 0 Å². The van der Waals surface area contributed by atoms with Crippen LogP contribution in [0.4, 0.5) is 5.13 Å². The minimum Gasteiger partial charge on any atom is -0.464 e. The van der Waals surface area contributed by atoms with E-state index in [-0.39, 0.29) is 28.8 Å². The molecule has 0 atom stereocenters. The highest BCUT2D eigenvalue weighted by atomic mass is 32.1. The molecule has 7 nitrogen and oxygen atoms in total. The van der Waals surface area contributed by atoms with Gasteiger partial charge in [-0.25, -0.2) is 9.78 Å². The molecule has 1 aromatic heterocycles. The van der Waals surface area contributed by atoms with Crippen molar-refractivity contribution in [1.82, 2.24) is 10.3 Å². The topological polar surface area (TPSA) is 97.4 Å². The molecule has 0 saturated heterocycles. The van der Waals surface area contributed by atoms with Gasteiger partial charge in [0.25, 0.3) is 0 Å². The fourth-order valence-electron chi connectivity index (χ4n) is 1.11. The quantitative estimate of drug-likeness (QED) is 0.590. The average molecular weight is 271 g/mol. The molecule has 8 heteroatoms. The van der Waals surface area contributed by atoms with Gasteiger partial charge in [0.1, 0.15) is 4.88 Å².